The van der Waals surface area contributed by atoms with E-state index in [-0.39, 0.29) is 18.6 Å². The molecule has 0 bridgehead atoms. The minimum Gasteiger partial charge on any atom is -0.394 e. The smallest absolute Gasteiger partial charge is 0.256 e. The third-order valence-electron chi connectivity index (χ3n) is 3.30. The topological polar surface area (TPSA) is 53.4 Å². The molecule has 92 valence electrons. The molecule has 1 unspecified atom stereocenters. The SMILES string of the molecule is Cc1ccc(C(=O)N2CCCC2CO)c(C)n1. The Morgan fingerprint density at radius 3 is 2.94 bits per heavy atom. The lowest BCUT2D eigenvalue weighted by atomic mass is 10.1. The zero-order valence-electron chi connectivity index (χ0n) is 10.3. The zero-order chi connectivity index (χ0) is 12.4. The minimum atomic E-state index is -0.0248. The van der Waals surface area contributed by atoms with Crippen molar-refractivity contribution in [2.24, 2.45) is 0 Å². The van der Waals surface area contributed by atoms with Gasteiger partial charge in [-0.25, -0.2) is 0 Å². The minimum absolute atomic E-state index is 0.00782. The van der Waals surface area contributed by atoms with E-state index in [0.29, 0.717) is 5.56 Å². The average molecular weight is 234 g/mol. The number of carbonyl (C=O) groups excluding carboxylic acids is 1. The second-order valence-corrected chi connectivity index (χ2v) is 4.56. The normalized spacial score (nSPS) is 19.7. The fourth-order valence-electron chi connectivity index (χ4n) is 2.36. The number of aliphatic hydroxyl groups is 1. The Labute approximate surface area is 101 Å². The van der Waals surface area contributed by atoms with E-state index >= 15 is 0 Å². The lowest BCUT2D eigenvalue weighted by Gasteiger charge is -2.23. The highest BCUT2D eigenvalue weighted by Gasteiger charge is 2.29. The number of likely N-dealkylation sites (tertiary alicyclic amines) is 1. The third kappa shape index (κ3) is 2.31. The number of aryl methyl sites for hydroxylation is 2. The summed E-state index contributed by atoms with van der Waals surface area (Å²) in [7, 11) is 0. The number of rotatable bonds is 2. The Morgan fingerprint density at radius 1 is 1.53 bits per heavy atom. The molecular formula is C13H18N2O2. The van der Waals surface area contributed by atoms with Gasteiger partial charge in [0.15, 0.2) is 0 Å². The van der Waals surface area contributed by atoms with Crippen molar-refractivity contribution in [2.75, 3.05) is 13.2 Å². The molecule has 1 aromatic heterocycles. The molecule has 1 aliphatic heterocycles. The summed E-state index contributed by atoms with van der Waals surface area (Å²) in [5, 5.41) is 9.24. The number of hydrogen-bond donors (Lipinski definition) is 1. The van der Waals surface area contributed by atoms with Crippen LogP contribution in [0.5, 0.6) is 0 Å². The average Bonchev–Trinajstić information content (AvgIpc) is 2.76. The predicted molar refractivity (Wildman–Crippen MR) is 64.9 cm³/mol. The highest BCUT2D eigenvalue weighted by atomic mass is 16.3. The monoisotopic (exact) mass is 234 g/mol. The van der Waals surface area contributed by atoms with Gasteiger partial charge in [0.05, 0.1) is 23.9 Å². The van der Waals surface area contributed by atoms with Crippen LogP contribution in [-0.4, -0.2) is 40.1 Å². The number of carbonyl (C=O) groups is 1. The van der Waals surface area contributed by atoms with Crippen molar-refractivity contribution >= 4 is 5.91 Å². The maximum atomic E-state index is 12.3. The summed E-state index contributed by atoms with van der Waals surface area (Å²) >= 11 is 0. The Hall–Kier alpha value is -1.42. The summed E-state index contributed by atoms with van der Waals surface area (Å²) in [6.45, 7) is 4.54. The third-order valence-corrected chi connectivity index (χ3v) is 3.30. The molecular weight excluding hydrogens is 216 g/mol. The van der Waals surface area contributed by atoms with Gasteiger partial charge in [0.25, 0.3) is 5.91 Å². The summed E-state index contributed by atoms with van der Waals surface area (Å²) in [5.74, 6) is -0.00782. The number of amides is 1. The van der Waals surface area contributed by atoms with Crippen LogP contribution in [0.1, 0.15) is 34.6 Å². The van der Waals surface area contributed by atoms with Crippen LogP contribution < -0.4 is 0 Å². The Kier molecular flexibility index (Phi) is 3.43. The molecule has 1 aromatic rings. The van der Waals surface area contributed by atoms with Crippen molar-refractivity contribution < 1.29 is 9.90 Å². The first-order valence-corrected chi connectivity index (χ1v) is 5.99. The van der Waals surface area contributed by atoms with Crippen LogP contribution in [0.2, 0.25) is 0 Å². The lowest BCUT2D eigenvalue weighted by molar-refractivity contribution is 0.0676. The molecule has 1 fully saturated rings. The largest absolute Gasteiger partial charge is 0.394 e. The summed E-state index contributed by atoms with van der Waals surface area (Å²) in [6, 6.07) is 3.65. The van der Waals surface area contributed by atoms with Gasteiger partial charge in [-0.15, -0.1) is 0 Å². The molecule has 1 atom stereocenters. The molecule has 0 radical (unpaired) electrons. The highest BCUT2D eigenvalue weighted by molar-refractivity contribution is 5.95. The van der Waals surface area contributed by atoms with E-state index in [4.69, 9.17) is 0 Å². The van der Waals surface area contributed by atoms with Crippen molar-refractivity contribution in [1.29, 1.82) is 0 Å². The first-order chi connectivity index (χ1) is 8.13. The molecule has 2 heterocycles. The fourth-order valence-corrected chi connectivity index (χ4v) is 2.36. The molecule has 1 N–H and O–H groups in total. The number of aliphatic hydroxyl groups excluding tert-OH is 1. The van der Waals surface area contributed by atoms with Gasteiger partial charge in [-0.3, -0.25) is 9.78 Å². The van der Waals surface area contributed by atoms with Crippen LogP contribution in [0, 0.1) is 13.8 Å². The number of nitrogens with zero attached hydrogens (tertiary/aromatic N) is 2. The van der Waals surface area contributed by atoms with Crippen LogP contribution in [0.25, 0.3) is 0 Å². The van der Waals surface area contributed by atoms with Crippen molar-refractivity contribution in [1.82, 2.24) is 9.88 Å². The van der Waals surface area contributed by atoms with Gasteiger partial charge in [0, 0.05) is 12.2 Å². The molecule has 0 aliphatic carbocycles. The van der Waals surface area contributed by atoms with E-state index in [9.17, 15) is 9.90 Å². The van der Waals surface area contributed by atoms with E-state index in [2.05, 4.69) is 4.98 Å². The van der Waals surface area contributed by atoms with E-state index in [1.807, 2.05) is 26.0 Å². The van der Waals surface area contributed by atoms with Crippen molar-refractivity contribution in [3.05, 3.63) is 29.1 Å². The molecule has 0 saturated carbocycles. The molecule has 4 nitrogen and oxygen atoms in total. The lowest BCUT2D eigenvalue weighted by Crippen LogP contribution is -2.38. The Morgan fingerprint density at radius 2 is 2.29 bits per heavy atom. The van der Waals surface area contributed by atoms with E-state index in [1.54, 1.807) is 4.90 Å². The van der Waals surface area contributed by atoms with Crippen LogP contribution in [0.3, 0.4) is 0 Å². The quantitative estimate of drug-likeness (QED) is 0.839. The zero-order valence-corrected chi connectivity index (χ0v) is 10.3. The van der Waals surface area contributed by atoms with Gasteiger partial charge in [-0.05, 0) is 38.8 Å². The summed E-state index contributed by atoms with van der Waals surface area (Å²) in [5.41, 5.74) is 2.33. The second kappa shape index (κ2) is 4.84. The van der Waals surface area contributed by atoms with Crippen molar-refractivity contribution in [3.8, 4) is 0 Å². The fraction of sp³-hybridized carbons (Fsp3) is 0.538. The molecule has 1 saturated heterocycles. The maximum absolute atomic E-state index is 12.3. The summed E-state index contributed by atoms with van der Waals surface area (Å²) in [4.78, 5) is 18.4. The van der Waals surface area contributed by atoms with Crippen LogP contribution in [0.4, 0.5) is 0 Å². The van der Waals surface area contributed by atoms with E-state index in [1.165, 1.54) is 0 Å². The van der Waals surface area contributed by atoms with Crippen molar-refractivity contribution in [3.63, 3.8) is 0 Å². The maximum Gasteiger partial charge on any atom is 0.256 e. The molecule has 4 heteroatoms. The number of hydrogen-bond acceptors (Lipinski definition) is 3. The Bertz CT molecular complexity index is 431. The molecule has 17 heavy (non-hydrogen) atoms. The standard InChI is InChI=1S/C13H18N2O2/c1-9-5-6-12(10(2)14-9)13(17)15-7-3-4-11(15)8-16/h5-6,11,16H,3-4,7-8H2,1-2H3. The highest BCUT2D eigenvalue weighted by Crippen LogP contribution is 2.20. The van der Waals surface area contributed by atoms with Crippen molar-refractivity contribution in [2.45, 2.75) is 32.7 Å². The van der Waals surface area contributed by atoms with Gasteiger partial charge in [-0.1, -0.05) is 0 Å². The first kappa shape index (κ1) is 12.0. The number of pyridine rings is 1. The van der Waals surface area contributed by atoms with Gasteiger partial charge >= 0.3 is 0 Å². The van der Waals surface area contributed by atoms with Gasteiger partial charge in [0.2, 0.25) is 0 Å². The van der Waals surface area contributed by atoms with Gasteiger partial charge in [-0.2, -0.15) is 0 Å². The molecule has 2 rings (SSSR count). The van der Waals surface area contributed by atoms with Crippen LogP contribution >= 0.6 is 0 Å². The predicted octanol–water partition coefficient (Wildman–Crippen LogP) is 1.30. The summed E-state index contributed by atoms with van der Waals surface area (Å²) in [6.07, 6.45) is 1.86. The van der Waals surface area contributed by atoms with Gasteiger partial charge in [0.1, 0.15) is 0 Å². The van der Waals surface area contributed by atoms with Crippen LogP contribution in [0.15, 0.2) is 12.1 Å². The van der Waals surface area contributed by atoms with E-state index < -0.39 is 0 Å². The van der Waals surface area contributed by atoms with E-state index in [0.717, 1.165) is 30.8 Å². The first-order valence-electron chi connectivity index (χ1n) is 5.99. The number of aromatic nitrogens is 1. The molecule has 1 aliphatic rings. The summed E-state index contributed by atoms with van der Waals surface area (Å²) < 4.78 is 0. The second-order valence-electron chi connectivity index (χ2n) is 4.56. The van der Waals surface area contributed by atoms with Gasteiger partial charge < -0.3 is 10.0 Å². The molecule has 0 aromatic carbocycles. The molecule has 1 amide bonds. The molecule has 0 spiro atoms. The van der Waals surface area contributed by atoms with Crippen LogP contribution in [-0.2, 0) is 0 Å². The Balaban J connectivity index is 2.24.